The van der Waals surface area contributed by atoms with Crippen LogP contribution in [0.25, 0.3) is 0 Å². The van der Waals surface area contributed by atoms with Crippen LogP contribution in [-0.2, 0) is 0 Å². The summed E-state index contributed by atoms with van der Waals surface area (Å²) in [6.45, 7) is 0. The van der Waals surface area contributed by atoms with Crippen molar-refractivity contribution in [3.63, 3.8) is 0 Å². The van der Waals surface area contributed by atoms with Crippen molar-refractivity contribution in [2.75, 3.05) is 5.32 Å². The summed E-state index contributed by atoms with van der Waals surface area (Å²) in [5, 5.41) is 13.3. The second-order valence-electron chi connectivity index (χ2n) is 3.99. The third-order valence-corrected chi connectivity index (χ3v) is 3.12. The smallest absolute Gasteiger partial charge is 0.152 e. The summed E-state index contributed by atoms with van der Waals surface area (Å²) in [4.78, 5) is 4.01. The highest BCUT2D eigenvalue weighted by molar-refractivity contribution is 6.31. The molecule has 3 nitrogen and oxygen atoms in total. The van der Waals surface area contributed by atoms with Crippen LogP contribution in [0.4, 0.5) is 5.69 Å². The molecule has 4 heteroatoms. The van der Waals surface area contributed by atoms with E-state index in [-0.39, 0.29) is 6.10 Å². The number of aliphatic hydroxyl groups excluding tert-OH is 1. The summed E-state index contributed by atoms with van der Waals surface area (Å²) in [6.07, 6.45) is 5.29. The fraction of sp³-hybridized carbons (Fsp3) is 0.545. The Morgan fingerprint density at radius 3 is 2.73 bits per heavy atom. The van der Waals surface area contributed by atoms with Crippen LogP contribution in [0.3, 0.4) is 0 Å². The lowest BCUT2D eigenvalue weighted by Gasteiger charge is -2.27. The van der Waals surface area contributed by atoms with E-state index in [0.717, 1.165) is 31.4 Å². The Balaban J connectivity index is 1.95. The summed E-state index contributed by atoms with van der Waals surface area (Å²) in [6, 6.07) is 4.21. The van der Waals surface area contributed by atoms with Gasteiger partial charge in [-0.2, -0.15) is 0 Å². The van der Waals surface area contributed by atoms with Gasteiger partial charge in [0.15, 0.2) is 5.15 Å². The minimum atomic E-state index is -0.118. The molecule has 1 aromatic rings. The molecule has 0 unspecified atom stereocenters. The van der Waals surface area contributed by atoms with E-state index in [4.69, 9.17) is 11.6 Å². The van der Waals surface area contributed by atoms with Gasteiger partial charge in [0.1, 0.15) is 0 Å². The van der Waals surface area contributed by atoms with Crippen molar-refractivity contribution in [3.05, 3.63) is 23.5 Å². The van der Waals surface area contributed by atoms with Crippen LogP contribution in [0, 0.1) is 0 Å². The molecule has 0 radical (unpaired) electrons. The highest BCUT2D eigenvalue weighted by Gasteiger charge is 2.19. The van der Waals surface area contributed by atoms with Gasteiger partial charge in [0, 0.05) is 12.2 Å². The molecule has 1 aliphatic carbocycles. The Labute approximate surface area is 94.5 Å². The molecule has 15 heavy (non-hydrogen) atoms. The van der Waals surface area contributed by atoms with Gasteiger partial charge in [0.05, 0.1) is 11.8 Å². The number of hydrogen-bond acceptors (Lipinski definition) is 3. The minimum Gasteiger partial charge on any atom is -0.393 e. The van der Waals surface area contributed by atoms with Gasteiger partial charge in [0.25, 0.3) is 0 Å². The first-order chi connectivity index (χ1) is 7.25. The third kappa shape index (κ3) is 2.83. The summed E-state index contributed by atoms with van der Waals surface area (Å²) in [5.74, 6) is 0. The van der Waals surface area contributed by atoms with Crippen molar-refractivity contribution in [1.29, 1.82) is 0 Å². The van der Waals surface area contributed by atoms with Gasteiger partial charge in [-0.15, -0.1) is 0 Å². The first-order valence-electron chi connectivity index (χ1n) is 5.31. The van der Waals surface area contributed by atoms with Crippen LogP contribution in [0.1, 0.15) is 25.7 Å². The Morgan fingerprint density at radius 1 is 1.33 bits per heavy atom. The molecule has 82 valence electrons. The number of rotatable bonds is 2. The summed E-state index contributed by atoms with van der Waals surface area (Å²) < 4.78 is 0. The minimum absolute atomic E-state index is 0.118. The Kier molecular flexibility index (Phi) is 3.44. The summed E-state index contributed by atoms with van der Waals surface area (Å²) in [5.41, 5.74) is 0.889. The van der Waals surface area contributed by atoms with Gasteiger partial charge in [-0.25, -0.2) is 4.98 Å². The average Bonchev–Trinajstić information content (AvgIpc) is 2.25. The van der Waals surface area contributed by atoms with Gasteiger partial charge in [-0.3, -0.25) is 0 Å². The predicted octanol–water partition coefficient (Wildman–Crippen LogP) is 2.45. The number of aromatic nitrogens is 1. The predicted molar refractivity (Wildman–Crippen MR) is 61.1 cm³/mol. The zero-order chi connectivity index (χ0) is 10.7. The lowest BCUT2D eigenvalue weighted by molar-refractivity contribution is 0.126. The first kappa shape index (κ1) is 10.7. The largest absolute Gasteiger partial charge is 0.393 e. The molecule has 0 aliphatic heterocycles. The van der Waals surface area contributed by atoms with Gasteiger partial charge >= 0.3 is 0 Å². The van der Waals surface area contributed by atoms with Crippen molar-refractivity contribution in [2.45, 2.75) is 37.8 Å². The van der Waals surface area contributed by atoms with Crippen molar-refractivity contribution in [2.24, 2.45) is 0 Å². The highest BCUT2D eigenvalue weighted by atomic mass is 35.5. The highest BCUT2D eigenvalue weighted by Crippen LogP contribution is 2.25. The first-order valence-corrected chi connectivity index (χ1v) is 5.68. The zero-order valence-electron chi connectivity index (χ0n) is 8.49. The van der Waals surface area contributed by atoms with E-state index in [9.17, 15) is 5.11 Å². The van der Waals surface area contributed by atoms with Gasteiger partial charge < -0.3 is 10.4 Å². The van der Waals surface area contributed by atoms with Gasteiger partial charge in [-0.05, 0) is 37.8 Å². The van der Waals surface area contributed by atoms with E-state index in [0.29, 0.717) is 11.2 Å². The number of pyridine rings is 1. The van der Waals surface area contributed by atoms with Crippen LogP contribution in [0.15, 0.2) is 18.3 Å². The molecule has 1 aliphatic rings. The topological polar surface area (TPSA) is 45.1 Å². The van der Waals surface area contributed by atoms with Crippen molar-refractivity contribution in [3.8, 4) is 0 Å². The normalized spacial score (nSPS) is 26.3. The monoisotopic (exact) mass is 226 g/mol. The fourth-order valence-corrected chi connectivity index (χ4v) is 2.11. The third-order valence-electron chi connectivity index (χ3n) is 2.82. The molecule has 0 amide bonds. The molecule has 1 fully saturated rings. The standard InChI is InChI=1S/C11H15ClN2O/c12-11-10(2-1-7-13-11)14-8-3-5-9(15)6-4-8/h1-2,7-9,14-15H,3-6H2. The number of nitrogens with zero attached hydrogens (tertiary/aromatic N) is 1. The molecule has 0 saturated heterocycles. The molecule has 2 rings (SSSR count). The molecule has 2 N–H and O–H groups in total. The molecular formula is C11H15ClN2O. The molecule has 1 aromatic heterocycles. The number of anilines is 1. The van der Waals surface area contributed by atoms with Crippen LogP contribution in [-0.4, -0.2) is 22.2 Å². The molecule has 0 spiro atoms. The van der Waals surface area contributed by atoms with E-state index >= 15 is 0 Å². The Hall–Kier alpha value is -0.800. The zero-order valence-corrected chi connectivity index (χ0v) is 9.24. The molecule has 0 bridgehead atoms. The summed E-state index contributed by atoms with van der Waals surface area (Å²) in [7, 11) is 0. The second-order valence-corrected chi connectivity index (χ2v) is 4.35. The van der Waals surface area contributed by atoms with Crippen LogP contribution in [0.5, 0.6) is 0 Å². The second kappa shape index (κ2) is 4.81. The quantitative estimate of drug-likeness (QED) is 0.762. The fourth-order valence-electron chi connectivity index (χ4n) is 1.93. The molecule has 1 saturated carbocycles. The van der Waals surface area contributed by atoms with Crippen LogP contribution >= 0.6 is 11.6 Å². The Bertz CT molecular complexity index is 324. The Morgan fingerprint density at radius 2 is 2.07 bits per heavy atom. The maximum atomic E-state index is 9.38. The van der Waals surface area contributed by atoms with Crippen molar-refractivity contribution < 1.29 is 5.11 Å². The molecule has 0 atom stereocenters. The summed E-state index contributed by atoms with van der Waals surface area (Å²) >= 11 is 5.95. The maximum Gasteiger partial charge on any atom is 0.152 e. The van der Waals surface area contributed by atoms with Crippen molar-refractivity contribution in [1.82, 2.24) is 4.98 Å². The average molecular weight is 227 g/mol. The lowest BCUT2D eigenvalue weighted by atomic mass is 9.93. The molecule has 1 heterocycles. The van der Waals surface area contributed by atoms with E-state index in [1.54, 1.807) is 6.20 Å². The number of halogens is 1. The van der Waals surface area contributed by atoms with E-state index < -0.39 is 0 Å². The van der Waals surface area contributed by atoms with E-state index in [1.165, 1.54) is 0 Å². The number of aliphatic hydroxyl groups is 1. The SMILES string of the molecule is OC1CCC(Nc2cccnc2Cl)CC1. The van der Waals surface area contributed by atoms with Crippen LogP contribution in [0.2, 0.25) is 5.15 Å². The van der Waals surface area contributed by atoms with Gasteiger partial charge in [0.2, 0.25) is 0 Å². The molecule has 0 aromatic carbocycles. The van der Waals surface area contributed by atoms with E-state index in [1.807, 2.05) is 12.1 Å². The van der Waals surface area contributed by atoms with Crippen molar-refractivity contribution >= 4 is 17.3 Å². The maximum absolute atomic E-state index is 9.38. The molecular weight excluding hydrogens is 212 g/mol. The lowest BCUT2D eigenvalue weighted by Crippen LogP contribution is -2.28. The van der Waals surface area contributed by atoms with Gasteiger partial charge in [-0.1, -0.05) is 11.6 Å². The number of hydrogen-bond donors (Lipinski definition) is 2. The van der Waals surface area contributed by atoms with Crippen LogP contribution < -0.4 is 5.32 Å². The van der Waals surface area contributed by atoms with E-state index in [2.05, 4.69) is 10.3 Å². The number of nitrogens with one attached hydrogen (secondary N) is 1.